The van der Waals surface area contributed by atoms with E-state index in [-0.39, 0.29) is 22.1 Å². The van der Waals surface area contributed by atoms with E-state index in [2.05, 4.69) is 15.5 Å². The third-order valence-electron chi connectivity index (χ3n) is 3.00. The fraction of sp³-hybridized carbons (Fsp3) is 0.357. The van der Waals surface area contributed by atoms with Crippen LogP contribution in [0.1, 0.15) is 42.1 Å². The summed E-state index contributed by atoms with van der Waals surface area (Å²) in [5, 5.41) is 11.7. The summed E-state index contributed by atoms with van der Waals surface area (Å²) < 4.78 is 24.1. The highest BCUT2D eigenvalue weighted by atomic mass is 32.2. The second kappa shape index (κ2) is 6.53. The number of hydrogen-bond donors (Lipinski definition) is 1. The van der Waals surface area contributed by atoms with Gasteiger partial charge in [-0.05, 0) is 12.1 Å². The van der Waals surface area contributed by atoms with Crippen LogP contribution in [-0.2, 0) is 9.84 Å². The van der Waals surface area contributed by atoms with Crippen LogP contribution < -0.4 is 5.32 Å². The van der Waals surface area contributed by atoms with Gasteiger partial charge in [-0.2, -0.15) is 0 Å². The Morgan fingerprint density at radius 1 is 1.27 bits per heavy atom. The first kappa shape index (κ1) is 16.6. The first-order chi connectivity index (χ1) is 10.3. The van der Waals surface area contributed by atoms with Gasteiger partial charge in [0.05, 0.1) is 16.2 Å². The fourth-order valence-electron chi connectivity index (χ4n) is 1.76. The number of hydrogen-bond acceptors (Lipinski definition) is 6. The van der Waals surface area contributed by atoms with Crippen LogP contribution in [0, 0.1) is 0 Å². The Hall–Kier alpha value is -1.80. The quantitative estimate of drug-likeness (QED) is 0.904. The molecular weight excluding hydrogens is 322 g/mol. The Labute approximate surface area is 133 Å². The van der Waals surface area contributed by atoms with Crippen LogP contribution in [0.2, 0.25) is 0 Å². The van der Waals surface area contributed by atoms with Gasteiger partial charge >= 0.3 is 0 Å². The molecule has 8 heteroatoms. The van der Waals surface area contributed by atoms with E-state index in [0.29, 0.717) is 5.13 Å². The fourth-order valence-corrected chi connectivity index (χ4v) is 3.60. The topological polar surface area (TPSA) is 89.0 Å². The number of amides is 1. The summed E-state index contributed by atoms with van der Waals surface area (Å²) in [6.07, 6.45) is 0. The second-order valence-electron chi connectivity index (χ2n) is 4.95. The highest BCUT2D eigenvalue weighted by Gasteiger charge is 2.21. The molecule has 0 aliphatic carbocycles. The lowest BCUT2D eigenvalue weighted by Gasteiger charge is -2.08. The number of nitrogens with zero attached hydrogens (tertiary/aromatic N) is 2. The van der Waals surface area contributed by atoms with Gasteiger partial charge in [0.25, 0.3) is 5.91 Å². The van der Waals surface area contributed by atoms with Gasteiger partial charge in [-0.3, -0.25) is 10.1 Å². The van der Waals surface area contributed by atoms with E-state index in [4.69, 9.17) is 0 Å². The van der Waals surface area contributed by atoms with E-state index >= 15 is 0 Å². The lowest BCUT2D eigenvalue weighted by molar-refractivity contribution is 0.102. The number of benzene rings is 1. The smallest absolute Gasteiger partial charge is 0.258 e. The molecule has 2 aromatic rings. The average molecular weight is 339 g/mol. The molecule has 0 saturated carbocycles. The van der Waals surface area contributed by atoms with Crippen molar-refractivity contribution in [3.63, 3.8) is 0 Å². The molecule has 0 unspecified atom stereocenters. The van der Waals surface area contributed by atoms with Crippen LogP contribution in [0.15, 0.2) is 29.2 Å². The standard InChI is InChI=1S/C14H17N3O3S2/c1-4-22(19,20)11-8-6-5-7-10(11)12(18)15-14-17-16-13(21-14)9(2)3/h5-9H,4H2,1-3H3,(H,15,17,18). The molecule has 0 bridgehead atoms. The van der Waals surface area contributed by atoms with Crippen molar-refractivity contribution in [2.45, 2.75) is 31.6 Å². The zero-order valence-electron chi connectivity index (χ0n) is 12.5. The lowest BCUT2D eigenvalue weighted by Crippen LogP contribution is -2.17. The van der Waals surface area contributed by atoms with E-state index in [1.807, 2.05) is 13.8 Å². The minimum absolute atomic E-state index is 0.0311. The minimum atomic E-state index is -3.47. The zero-order chi connectivity index (χ0) is 16.3. The van der Waals surface area contributed by atoms with Crippen molar-refractivity contribution in [2.75, 3.05) is 11.1 Å². The van der Waals surface area contributed by atoms with Gasteiger partial charge in [-0.15, -0.1) is 10.2 Å². The predicted octanol–water partition coefficient (Wildman–Crippen LogP) is 2.71. The number of anilines is 1. The predicted molar refractivity (Wildman–Crippen MR) is 86.1 cm³/mol. The molecule has 0 radical (unpaired) electrons. The van der Waals surface area contributed by atoms with Crippen molar-refractivity contribution < 1.29 is 13.2 Å². The van der Waals surface area contributed by atoms with Crippen LogP contribution in [-0.4, -0.2) is 30.3 Å². The van der Waals surface area contributed by atoms with E-state index in [1.165, 1.54) is 23.5 Å². The molecule has 0 saturated heterocycles. The Balaban J connectivity index is 2.30. The van der Waals surface area contributed by atoms with Gasteiger partial charge in [-0.1, -0.05) is 44.2 Å². The molecule has 6 nitrogen and oxygen atoms in total. The Kier molecular flexibility index (Phi) is 4.92. The summed E-state index contributed by atoms with van der Waals surface area (Å²) in [5.41, 5.74) is 0.116. The molecule has 2 rings (SSSR count). The molecule has 1 amide bonds. The van der Waals surface area contributed by atoms with Crippen molar-refractivity contribution >= 4 is 32.2 Å². The second-order valence-corrected chi connectivity index (χ2v) is 8.21. The molecule has 22 heavy (non-hydrogen) atoms. The molecular formula is C14H17N3O3S2. The number of carbonyl (C=O) groups is 1. The largest absolute Gasteiger partial charge is 0.296 e. The molecule has 0 aliphatic rings. The Morgan fingerprint density at radius 3 is 2.55 bits per heavy atom. The van der Waals surface area contributed by atoms with Gasteiger partial charge in [0.2, 0.25) is 5.13 Å². The van der Waals surface area contributed by atoms with Gasteiger partial charge in [0.15, 0.2) is 9.84 Å². The van der Waals surface area contributed by atoms with Crippen LogP contribution in [0.3, 0.4) is 0 Å². The van der Waals surface area contributed by atoms with Gasteiger partial charge in [0.1, 0.15) is 5.01 Å². The Bertz CT molecular complexity index is 782. The molecule has 1 aromatic heterocycles. The van der Waals surface area contributed by atoms with Crippen molar-refractivity contribution in [1.29, 1.82) is 0 Å². The molecule has 1 aromatic carbocycles. The van der Waals surface area contributed by atoms with E-state index in [9.17, 15) is 13.2 Å². The first-order valence-electron chi connectivity index (χ1n) is 6.81. The number of sulfone groups is 1. The lowest BCUT2D eigenvalue weighted by atomic mass is 10.2. The highest BCUT2D eigenvalue weighted by Crippen LogP contribution is 2.24. The summed E-state index contributed by atoms with van der Waals surface area (Å²) in [6, 6.07) is 6.15. The molecule has 118 valence electrons. The molecule has 0 aliphatic heterocycles. The Morgan fingerprint density at radius 2 is 1.95 bits per heavy atom. The van der Waals surface area contributed by atoms with E-state index < -0.39 is 15.7 Å². The third kappa shape index (κ3) is 3.50. The number of aromatic nitrogens is 2. The van der Waals surface area contributed by atoms with Crippen molar-refractivity contribution in [3.05, 3.63) is 34.8 Å². The van der Waals surface area contributed by atoms with Crippen LogP contribution >= 0.6 is 11.3 Å². The number of nitrogens with one attached hydrogen (secondary N) is 1. The van der Waals surface area contributed by atoms with Crippen LogP contribution in [0.4, 0.5) is 5.13 Å². The summed E-state index contributed by atoms with van der Waals surface area (Å²) in [5.74, 6) is -0.344. The SMILES string of the molecule is CCS(=O)(=O)c1ccccc1C(=O)Nc1nnc(C(C)C)s1. The van der Waals surface area contributed by atoms with E-state index in [1.54, 1.807) is 19.1 Å². The molecule has 0 spiro atoms. The number of carbonyl (C=O) groups excluding carboxylic acids is 1. The monoisotopic (exact) mass is 339 g/mol. The average Bonchev–Trinajstić information content (AvgIpc) is 2.96. The van der Waals surface area contributed by atoms with Crippen molar-refractivity contribution in [3.8, 4) is 0 Å². The maximum atomic E-state index is 12.3. The normalized spacial score (nSPS) is 11.6. The van der Waals surface area contributed by atoms with E-state index in [0.717, 1.165) is 5.01 Å². The summed E-state index contributed by atoms with van der Waals surface area (Å²) in [7, 11) is -3.47. The molecule has 1 heterocycles. The number of rotatable bonds is 5. The summed E-state index contributed by atoms with van der Waals surface area (Å²) >= 11 is 1.28. The van der Waals surface area contributed by atoms with Gasteiger partial charge in [-0.25, -0.2) is 8.42 Å². The maximum absolute atomic E-state index is 12.3. The van der Waals surface area contributed by atoms with Crippen molar-refractivity contribution in [1.82, 2.24) is 10.2 Å². The first-order valence-corrected chi connectivity index (χ1v) is 9.28. The van der Waals surface area contributed by atoms with Crippen molar-refractivity contribution in [2.24, 2.45) is 0 Å². The van der Waals surface area contributed by atoms with Crippen LogP contribution in [0.25, 0.3) is 0 Å². The third-order valence-corrected chi connectivity index (χ3v) is 5.93. The van der Waals surface area contributed by atoms with Crippen LogP contribution in [0.5, 0.6) is 0 Å². The molecule has 0 atom stereocenters. The summed E-state index contributed by atoms with van der Waals surface area (Å²) in [4.78, 5) is 12.4. The summed E-state index contributed by atoms with van der Waals surface area (Å²) in [6.45, 7) is 5.51. The minimum Gasteiger partial charge on any atom is -0.296 e. The zero-order valence-corrected chi connectivity index (χ0v) is 14.2. The molecule has 0 fully saturated rings. The maximum Gasteiger partial charge on any atom is 0.258 e. The van der Waals surface area contributed by atoms with Gasteiger partial charge < -0.3 is 0 Å². The molecule has 1 N–H and O–H groups in total. The highest BCUT2D eigenvalue weighted by molar-refractivity contribution is 7.91. The van der Waals surface area contributed by atoms with Gasteiger partial charge in [0, 0.05) is 5.92 Å².